The van der Waals surface area contributed by atoms with Crippen molar-refractivity contribution >= 4 is 0 Å². The quantitative estimate of drug-likeness (QED) is 0.762. The van der Waals surface area contributed by atoms with E-state index in [1.165, 1.54) is 51.9 Å². The van der Waals surface area contributed by atoms with E-state index >= 15 is 0 Å². The zero-order valence-corrected chi connectivity index (χ0v) is 11.1. The third-order valence-electron chi connectivity index (χ3n) is 4.31. The van der Waals surface area contributed by atoms with E-state index in [4.69, 9.17) is 10.5 Å². The molecular formula is C13H27N3O. The predicted molar refractivity (Wildman–Crippen MR) is 70.1 cm³/mol. The van der Waals surface area contributed by atoms with Gasteiger partial charge in [0.15, 0.2) is 0 Å². The van der Waals surface area contributed by atoms with Crippen LogP contribution < -0.4 is 5.73 Å². The maximum absolute atomic E-state index is 5.67. The summed E-state index contributed by atoms with van der Waals surface area (Å²) in [4.78, 5) is 5.18. The Morgan fingerprint density at radius 3 is 2.35 bits per heavy atom. The minimum absolute atomic E-state index is 0.202. The van der Waals surface area contributed by atoms with Crippen molar-refractivity contribution in [1.82, 2.24) is 9.80 Å². The first-order valence-electron chi connectivity index (χ1n) is 7.02. The lowest BCUT2D eigenvalue weighted by Crippen LogP contribution is -2.52. The summed E-state index contributed by atoms with van der Waals surface area (Å²) in [5, 5.41) is 0. The van der Waals surface area contributed by atoms with Gasteiger partial charge in [0.2, 0.25) is 0 Å². The van der Waals surface area contributed by atoms with Crippen LogP contribution in [0.3, 0.4) is 0 Å². The van der Waals surface area contributed by atoms with Crippen molar-refractivity contribution < 1.29 is 4.74 Å². The standard InChI is InChI=1S/C13H27N3O/c1-17-13(10-14)11-15-6-8-16(9-7-15)12-4-2-3-5-12/h12-13H,2-11,14H2,1H3. The van der Waals surface area contributed by atoms with Crippen molar-refractivity contribution in [3.05, 3.63) is 0 Å². The molecule has 2 rings (SSSR count). The molecule has 1 saturated carbocycles. The molecule has 0 radical (unpaired) electrons. The van der Waals surface area contributed by atoms with Crippen LogP contribution in [-0.4, -0.2) is 68.3 Å². The van der Waals surface area contributed by atoms with Gasteiger partial charge in [0.25, 0.3) is 0 Å². The average Bonchev–Trinajstić information content (AvgIpc) is 2.90. The first kappa shape index (κ1) is 13.3. The zero-order chi connectivity index (χ0) is 12.1. The van der Waals surface area contributed by atoms with Crippen molar-refractivity contribution in [1.29, 1.82) is 0 Å². The molecule has 4 heteroatoms. The number of hydrogen-bond donors (Lipinski definition) is 1. The highest BCUT2D eigenvalue weighted by Gasteiger charge is 2.26. The largest absolute Gasteiger partial charge is 0.379 e. The first-order valence-corrected chi connectivity index (χ1v) is 7.02. The highest BCUT2D eigenvalue weighted by molar-refractivity contribution is 4.82. The number of nitrogens with zero attached hydrogens (tertiary/aromatic N) is 2. The van der Waals surface area contributed by atoms with Gasteiger partial charge >= 0.3 is 0 Å². The van der Waals surface area contributed by atoms with Crippen molar-refractivity contribution in [3.8, 4) is 0 Å². The Morgan fingerprint density at radius 2 is 1.82 bits per heavy atom. The van der Waals surface area contributed by atoms with Crippen LogP contribution in [0.5, 0.6) is 0 Å². The minimum atomic E-state index is 0.202. The Balaban J connectivity index is 1.70. The third-order valence-corrected chi connectivity index (χ3v) is 4.31. The van der Waals surface area contributed by atoms with E-state index in [0.29, 0.717) is 6.54 Å². The fraction of sp³-hybridized carbons (Fsp3) is 1.00. The highest BCUT2D eigenvalue weighted by atomic mass is 16.5. The van der Waals surface area contributed by atoms with Crippen LogP contribution in [-0.2, 0) is 4.74 Å². The van der Waals surface area contributed by atoms with Gasteiger partial charge in [-0.05, 0) is 12.8 Å². The van der Waals surface area contributed by atoms with E-state index in [9.17, 15) is 0 Å². The molecule has 1 aliphatic carbocycles. The molecule has 1 atom stereocenters. The molecule has 0 amide bonds. The number of piperazine rings is 1. The summed E-state index contributed by atoms with van der Waals surface area (Å²) in [6.45, 7) is 6.43. The third kappa shape index (κ3) is 3.65. The summed E-state index contributed by atoms with van der Waals surface area (Å²) in [6, 6.07) is 0.880. The van der Waals surface area contributed by atoms with Crippen LogP contribution >= 0.6 is 0 Å². The molecular weight excluding hydrogens is 214 g/mol. The first-order chi connectivity index (χ1) is 8.33. The second-order valence-electron chi connectivity index (χ2n) is 5.37. The summed E-state index contributed by atoms with van der Waals surface area (Å²) in [5.41, 5.74) is 5.67. The van der Waals surface area contributed by atoms with Gasteiger partial charge in [-0.25, -0.2) is 0 Å². The van der Waals surface area contributed by atoms with Gasteiger partial charge in [0, 0.05) is 52.4 Å². The van der Waals surface area contributed by atoms with Crippen LogP contribution in [0.2, 0.25) is 0 Å². The summed E-state index contributed by atoms with van der Waals surface area (Å²) < 4.78 is 5.35. The molecule has 4 nitrogen and oxygen atoms in total. The summed E-state index contributed by atoms with van der Waals surface area (Å²) in [6.07, 6.45) is 5.91. The molecule has 0 aromatic carbocycles. The molecule has 17 heavy (non-hydrogen) atoms. The molecule has 0 aromatic heterocycles. The van der Waals surface area contributed by atoms with E-state index < -0.39 is 0 Å². The molecule has 1 unspecified atom stereocenters. The molecule has 0 bridgehead atoms. The fourth-order valence-electron chi connectivity index (χ4n) is 3.11. The number of rotatable bonds is 5. The summed E-state index contributed by atoms with van der Waals surface area (Å²) in [5.74, 6) is 0. The Bertz CT molecular complexity index is 207. The summed E-state index contributed by atoms with van der Waals surface area (Å²) in [7, 11) is 1.76. The molecule has 1 heterocycles. The Hall–Kier alpha value is -0.160. The van der Waals surface area contributed by atoms with Crippen molar-refractivity contribution in [2.75, 3.05) is 46.4 Å². The smallest absolute Gasteiger partial charge is 0.0820 e. The van der Waals surface area contributed by atoms with E-state index in [-0.39, 0.29) is 6.10 Å². The highest BCUT2D eigenvalue weighted by Crippen LogP contribution is 2.24. The van der Waals surface area contributed by atoms with Crippen LogP contribution in [0.1, 0.15) is 25.7 Å². The lowest BCUT2D eigenvalue weighted by molar-refractivity contribution is 0.0381. The van der Waals surface area contributed by atoms with E-state index in [1.807, 2.05) is 0 Å². The van der Waals surface area contributed by atoms with Gasteiger partial charge in [-0.15, -0.1) is 0 Å². The van der Waals surface area contributed by atoms with Crippen molar-refractivity contribution in [2.24, 2.45) is 5.73 Å². The minimum Gasteiger partial charge on any atom is -0.379 e. The predicted octanol–water partition coefficient (Wildman–Crippen LogP) is 0.520. The SMILES string of the molecule is COC(CN)CN1CCN(C2CCCC2)CC1. The van der Waals surface area contributed by atoms with E-state index in [0.717, 1.165) is 12.6 Å². The average molecular weight is 241 g/mol. The molecule has 2 N–H and O–H groups in total. The summed E-state index contributed by atoms with van der Waals surface area (Å²) >= 11 is 0. The monoisotopic (exact) mass is 241 g/mol. The maximum atomic E-state index is 5.67. The molecule has 100 valence electrons. The van der Waals surface area contributed by atoms with Gasteiger partial charge in [-0.3, -0.25) is 9.80 Å². The fourth-order valence-corrected chi connectivity index (χ4v) is 3.11. The Kier molecular flexibility index (Phi) is 5.22. The van der Waals surface area contributed by atoms with Gasteiger partial charge in [-0.1, -0.05) is 12.8 Å². The molecule has 1 saturated heterocycles. The number of hydrogen-bond acceptors (Lipinski definition) is 4. The van der Waals surface area contributed by atoms with Gasteiger partial charge in [0.05, 0.1) is 6.10 Å². The molecule has 2 fully saturated rings. The molecule has 2 aliphatic rings. The molecule has 0 aromatic rings. The number of ether oxygens (including phenoxy) is 1. The Labute approximate surface area is 105 Å². The van der Waals surface area contributed by atoms with Crippen molar-refractivity contribution in [3.63, 3.8) is 0 Å². The lowest BCUT2D eigenvalue weighted by Gasteiger charge is -2.39. The van der Waals surface area contributed by atoms with E-state index in [2.05, 4.69) is 9.80 Å². The second kappa shape index (κ2) is 6.69. The van der Waals surface area contributed by atoms with Gasteiger partial charge in [-0.2, -0.15) is 0 Å². The van der Waals surface area contributed by atoms with Gasteiger partial charge < -0.3 is 10.5 Å². The molecule has 0 spiro atoms. The second-order valence-corrected chi connectivity index (χ2v) is 5.37. The van der Waals surface area contributed by atoms with Crippen LogP contribution in [0, 0.1) is 0 Å². The van der Waals surface area contributed by atoms with Crippen LogP contribution in [0.25, 0.3) is 0 Å². The lowest BCUT2D eigenvalue weighted by atomic mass is 10.1. The number of nitrogens with two attached hydrogens (primary N) is 1. The van der Waals surface area contributed by atoms with Crippen LogP contribution in [0.4, 0.5) is 0 Å². The normalized spacial score (nSPS) is 26.5. The zero-order valence-electron chi connectivity index (χ0n) is 11.1. The topological polar surface area (TPSA) is 41.7 Å². The van der Waals surface area contributed by atoms with Crippen LogP contribution in [0.15, 0.2) is 0 Å². The Morgan fingerprint density at radius 1 is 1.18 bits per heavy atom. The van der Waals surface area contributed by atoms with Gasteiger partial charge in [0.1, 0.15) is 0 Å². The number of methoxy groups -OCH3 is 1. The van der Waals surface area contributed by atoms with Crippen molar-refractivity contribution in [2.45, 2.75) is 37.8 Å². The molecule has 1 aliphatic heterocycles. The maximum Gasteiger partial charge on any atom is 0.0820 e. The van der Waals surface area contributed by atoms with E-state index in [1.54, 1.807) is 7.11 Å².